The summed E-state index contributed by atoms with van der Waals surface area (Å²) in [6, 6.07) is 4.93. The minimum atomic E-state index is -0.370. The topological polar surface area (TPSA) is 50.4 Å². The van der Waals surface area contributed by atoms with E-state index in [1.54, 1.807) is 19.1 Å². The zero-order valence-electron chi connectivity index (χ0n) is 9.57. The number of hydrogen-bond acceptors (Lipinski definition) is 3. The molecule has 0 saturated carbocycles. The highest BCUT2D eigenvalue weighted by Gasteiger charge is 2.12. The van der Waals surface area contributed by atoms with Gasteiger partial charge in [-0.25, -0.2) is 4.79 Å². The molecule has 0 unspecified atom stereocenters. The van der Waals surface area contributed by atoms with E-state index in [1.807, 2.05) is 13.8 Å². The molecule has 2 aromatic rings. The fraction of sp³-hybridized carbons (Fsp3) is 0.308. The van der Waals surface area contributed by atoms with Crippen LogP contribution in [0.1, 0.15) is 30.9 Å². The van der Waals surface area contributed by atoms with Gasteiger partial charge in [0, 0.05) is 17.0 Å². The van der Waals surface area contributed by atoms with Gasteiger partial charge in [-0.05, 0) is 30.5 Å². The van der Waals surface area contributed by atoms with Crippen molar-refractivity contribution < 1.29 is 9.52 Å². The fourth-order valence-corrected chi connectivity index (χ4v) is 1.85. The van der Waals surface area contributed by atoms with E-state index in [-0.39, 0.29) is 17.3 Å². The standard InChI is InChI=1S/C13H14O3/c1-7(2)10-6-12(15)16-13-8(3)11(14)5-4-9(10)13/h4-7,14H,1-3H3. The summed E-state index contributed by atoms with van der Waals surface area (Å²) in [6.07, 6.45) is 0. The molecule has 2 rings (SSSR count). The third-order valence-electron chi connectivity index (χ3n) is 2.79. The van der Waals surface area contributed by atoms with E-state index in [0.717, 1.165) is 10.9 Å². The van der Waals surface area contributed by atoms with Crippen molar-refractivity contribution in [3.8, 4) is 5.75 Å². The van der Waals surface area contributed by atoms with E-state index in [1.165, 1.54) is 6.07 Å². The zero-order valence-corrected chi connectivity index (χ0v) is 9.57. The van der Waals surface area contributed by atoms with Gasteiger partial charge in [-0.1, -0.05) is 13.8 Å². The van der Waals surface area contributed by atoms with Crippen LogP contribution in [0, 0.1) is 6.92 Å². The van der Waals surface area contributed by atoms with Crippen molar-refractivity contribution in [3.05, 3.63) is 39.7 Å². The Kier molecular flexibility index (Phi) is 2.46. The lowest BCUT2D eigenvalue weighted by Crippen LogP contribution is -2.02. The molecule has 0 atom stereocenters. The third kappa shape index (κ3) is 1.58. The summed E-state index contributed by atoms with van der Waals surface area (Å²) in [4.78, 5) is 11.4. The first-order chi connectivity index (χ1) is 7.50. The number of aryl methyl sites for hydroxylation is 1. The van der Waals surface area contributed by atoms with Gasteiger partial charge in [0.05, 0.1) is 0 Å². The number of rotatable bonds is 1. The van der Waals surface area contributed by atoms with Crippen LogP contribution in [0.15, 0.2) is 27.4 Å². The zero-order chi connectivity index (χ0) is 11.9. The predicted molar refractivity (Wildman–Crippen MR) is 63.0 cm³/mol. The van der Waals surface area contributed by atoms with Crippen LogP contribution in [0.3, 0.4) is 0 Å². The molecule has 0 aliphatic carbocycles. The van der Waals surface area contributed by atoms with Gasteiger partial charge >= 0.3 is 5.63 Å². The normalized spacial score (nSPS) is 11.2. The highest BCUT2D eigenvalue weighted by atomic mass is 16.4. The highest BCUT2D eigenvalue weighted by molar-refractivity contribution is 5.85. The van der Waals surface area contributed by atoms with Gasteiger partial charge in [-0.15, -0.1) is 0 Å². The van der Waals surface area contributed by atoms with Crippen LogP contribution < -0.4 is 5.63 Å². The molecule has 0 aliphatic rings. The quantitative estimate of drug-likeness (QED) is 0.749. The maximum absolute atomic E-state index is 11.4. The number of phenols is 1. The molecule has 0 spiro atoms. The van der Waals surface area contributed by atoms with Crippen LogP contribution in [0.2, 0.25) is 0 Å². The van der Waals surface area contributed by atoms with E-state index in [0.29, 0.717) is 11.1 Å². The second-order valence-corrected chi connectivity index (χ2v) is 4.26. The maximum atomic E-state index is 11.4. The number of benzene rings is 1. The molecular formula is C13H14O3. The first-order valence-electron chi connectivity index (χ1n) is 5.27. The molecule has 0 fully saturated rings. The molecule has 0 aliphatic heterocycles. The lowest BCUT2D eigenvalue weighted by molar-refractivity contribution is 0.468. The Morgan fingerprint density at radius 1 is 1.31 bits per heavy atom. The summed E-state index contributed by atoms with van der Waals surface area (Å²) in [5.41, 5.74) is 1.67. The number of hydrogen-bond donors (Lipinski definition) is 1. The largest absolute Gasteiger partial charge is 0.508 e. The first-order valence-corrected chi connectivity index (χ1v) is 5.27. The maximum Gasteiger partial charge on any atom is 0.336 e. The third-order valence-corrected chi connectivity index (χ3v) is 2.79. The van der Waals surface area contributed by atoms with Crippen LogP contribution in [-0.4, -0.2) is 5.11 Å². The van der Waals surface area contributed by atoms with Crippen LogP contribution >= 0.6 is 0 Å². The lowest BCUT2D eigenvalue weighted by Gasteiger charge is -2.10. The second kappa shape index (κ2) is 3.67. The van der Waals surface area contributed by atoms with E-state index in [9.17, 15) is 9.90 Å². The molecule has 84 valence electrons. The van der Waals surface area contributed by atoms with Crippen molar-refractivity contribution in [2.24, 2.45) is 0 Å². The molecule has 16 heavy (non-hydrogen) atoms. The van der Waals surface area contributed by atoms with E-state index < -0.39 is 0 Å². The molecule has 3 heteroatoms. The Labute approximate surface area is 93.3 Å². The average molecular weight is 218 g/mol. The van der Waals surface area contributed by atoms with Gasteiger partial charge in [-0.3, -0.25) is 0 Å². The average Bonchev–Trinajstić information content (AvgIpc) is 2.23. The molecule has 0 amide bonds. The van der Waals surface area contributed by atoms with Crippen LogP contribution in [0.5, 0.6) is 5.75 Å². The van der Waals surface area contributed by atoms with Crippen LogP contribution in [0.25, 0.3) is 11.0 Å². The van der Waals surface area contributed by atoms with E-state index in [2.05, 4.69) is 0 Å². The number of aromatic hydroxyl groups is 1. The van der Waals surface area contributed by atoms with Crippen molar-refractivity contribution >= 4 is 11.0 Å². The monoisotopic (exact) mass is 218 g/mol. The Bertz CT molecular complexity index is 594. The molecule has 0 bridgehead atoms. The fourth-order valence-electron chi connectivity index (χ4n) is 1.85. The van der Waals surface area contributed by atoms with Crippen molar-refractivity contribution in [3.63, 3.8) is 0 Å². The van der Waals surface area contributed by atoms with Gasteiger partial charge in [0.2, 0.25) is 0 Å². The van der Waals surface area contributed by atoms with Crippen molar-refractivity contribution in [2.45, 2.75) is 26.7 Å². The Morgan fingerprint density at radius 3 is 2.62 bits per heavy atom. The predicted octanol–water partition coefficient (Wildman–Crippen LogP) is 2.93. The molecule has 0 saturated heterocycles. The number of phenolic OH excluding ortho intramolecular Hbond substituents is 1. The van der Waals surface area contributed by atoms with Gasteiger partial charge in [0.15, 0.2) is 0 Å². The number of fused-ring (bicyclic) bond motifs is 1. The summed E-state index contributed by atoms with van der Waals surface area (Å²) >= 11 is 0. The smallest absolute Gasteiger partial charge is 0.336 e. The van der Waals surface area contributed by atoms with E-state index >= 15 is 0 Å². The lowest BCUT2D eigenvalue weighted by atomic mass is 9.98. The van der Waals surface area contributed by atoms with Gasteiger partial charge < -0.3 is 9.52 Å². The Hall–Kier alpha value is -1.77. The van der Waals surface area contributed by atoms with Crippen LogP contribution in [-0.2, 0) is 0 Å². The summed E-state index contributed by atoms with van der Waals surface area (Å²) in [5.74, 6) is 0.395. The van der Waals surface area contributed by atoms with Crippen molar-refractivity contribution in [1.82, 2.24) is 0 Å². The van der Waals surface area contributed by atoms with Crippen molar-refractivity contribution in [1.29, 1.82) is 0 Å². The SMILES string of the molecule is Cc1c(O)ccc2c(C(C)C)cc(=O)oc12. The molecule has 1 heterocycles. The van der Waals surface area contributed by atoms with Gasteiger partial charge in [0.1, 0.15) is 11.3 Å². The van der Waals surface area contributed by atoms with E-state index in [4.69, 9.17) is 4.42 Å². The molecule has 1 aromatic carbocycles. The Balaban J connectivity index is 2.95. The molecular weight excluding hydrogens is 204 g/mol. The minimum Gasteiger partial charge on any atom is -0.508 e. The Morgan fingerprint density at radius 2 is 2.00 bits per heavy atom. The van der Waals surface area contributed by atoms with Crippen LogP contribution in [0.4, 0.5) is 0 Å². The summed E-state index contributed by atoms with van der Waals surface area (Å²) in [5, 5.41) is 10.5. The summed E-state index contributed by atoms with van der Waals surface area (Å²) < 4.78 is 5.15. The minimum absolute atomic E-state index is 0.150. The molecule has 1 aromatic heterocycles. The van der Waals surface area contributed by atoms with Gasteiger partial charge in [0.25, 0.3) is 0 Å². The molecule has 1 N–H and O–H groups in total. The molecule has 0 radical (unpaired) electrons. The summed E-state index contributed by atoms with van der Waals surface area (Å²) in [6.45, 7) is 5.79. The van der Waals surface area contributed by atoms with Gasteiger partial charge in [-0.2, -0.15) is 0 Å². The molecule has 3 nitrogen and oxygen atoms in total. The first kappa shape index (κ1) is 10.7. The summed E-state index contributed by atoms with van der Waals surface area (Å²) in [7, 11) is 0. The highest BCUT2D eigenvalue weighted by Crippen LogP contribution is 2.30. The second-order valence-electron chi connectivity index (χ2n) is 4.26. The van der Waals surface area contributed by atoms with Crippen molar-refractivity contribution in [2.75, 3.05) is 0 Å².